The third-order valence-corrected chi connectivity index (χ3v) is 2.26. The van der Waals surface area contributed by atoms with Crippen molar-refractivity contribution in [2.24, 2.45) is 0 Å². The van der Waals surface area contributed by atoms with E-state index in [0.717, 1.165) is 0 Å². The molecule has 60 valence electrons. The van der Waals surface area contributed by atoms with E-state index >= 15 is 0 Å². The topological polar surface area (TPSA) is 46.5 Å². The number of aliphatic hydroxyl groups excluding tert-OH is 1. The van der Waals surface area contributed by atoms with Gasteiger partial charge in [-0.1, -0.05) is 6.92 Å². The Morgan fingerprint density at radius 2 is 2.20 bits per heavy atom. The first-order valence-corrected chi connectivity index (χ1v) is 4.21. The van der Waals surface area contributed by atoms with Crippen LogP contribution in [-0.2, 0) is 9.53 Å². The van der Waals surface area contributed by atoms with Crippen LogP contribution in [-0.4, -0.2) is 35.8 Å². The second-order valence-electron chi connectivity index (χ2n) is 1.91. The van der Waals surface area contributed by atoms with Crippen LogP contribution in [0.5, 0.6) is 0 Å². The summed E-state index contributed by atoms with van der Waals surface area (Å²) in [4.78, 5) is 10.6. The monoisotopic (exact) mass is 164 g/mol. The standard InChI is InChI=1S/C6H12O3S/c1-4(10-3)5(7)6(8)9-2/h4-5,7H,1-3H3. The zero-order valence-corrected chi connectivity index (χ0v) is 7.14. The van der Waals surface area contributed by atoms with Gasteiger partial charge in [0.05, 0.1) is 7.11 Å². The molecule has 0 fully saturated rings. The Bertz CT molecular complexity index is 116. The lowest BCUT2D eigenvalue weighted by Crippen LogP contribution is -2.30. The zero-order chi connectivity index (χ0) is 8.15. The molecule has 1 N–H and O–H groups in total. The van der Waals surface area contributed by atoms with Crippen LogP contribution in [0, 0.1) is 0 Å². The van der Waals surface area contributed by atoms with Crippen LogP contribution >= 0.6 is 11.8 Å². The molecule has 0 aromatic rings. The van der Waals surface area contributed by atoms with Gasteiger partial charge in [-0.2, -0.15) is 11.8 Å². The molecule has 0 aliphatic carbocycles. The van der Waals surface area contributed by atoms with E-state index in [1.165, 1.54) is 18.9 Å². The average Bonchev–Trinajstić information content (AvgIpc) is 2.00. The van der Waals surface area contributed by atoms with E-state index in [1.54, 1.807) is 6.92 Å². The molecule has 0 saturated carbocycles. The van der Waals surface area contributed by atoms with E-state index in [0.29, 0.717) is 0 Å². The number of hydrogen-bond donors (Lipinski definition) is 1. The lowest BCUT2D eigenvalue weighted by atomic mass is 10.3. The SMILES string of the molecule is COC(=O)C(O)C(C)SC. The molecule has 2 atom stereocenters. The number of ether oxygens (including phenoxy) is 1. The molecule has 0 aliphatic heterocycles. The number of hydrogen-bond acceptors (Lipinski definition) is 4. The van der Waals surface area contributed by atoms with Gasteiger partial charge in [0.1, 0.15) is 0 Å². The van der Waals surface area contributed by atoms with Crippen LogP contribution in [0.3, 0.4) is 0 Å². The first-order valence-electron chi connectivity index (χ1n) is 2.92. The van der Waals surface area contributed by atoms with Crippen molar-refractivity contribution < 1.29 is 14.6 Å². The molecule has 0 amide bonds. The first kappa shape index (κ1) is 9.78. The predicted molar refractivity (Wildman–Crippen MR) is 41.0 cm³/mol. The molecule has 3 nitrogen and oxygen atoms in total. The van der Waals surface area contributed by atoms with Gasteiger partial charge in [0.25, 0.3) is 0 Å². The minimum atomic E-state index is -1.000. The Balaban J connectivity index is 3.81. The summed E-state index contributed by atoms with van der Waals surface area (Å²) < 4.78 is 4.33. The summed E-state index contributed by atoms with van der Waals surface area (Å²) >= 11 is 1.43. The van der Waals surface area contributed by atoms with Gasteiger partial charge in [-0.05, 0) is 6.26 Å². The third-order valence-electron chi connectivity index (χ3n) is 1.26. The summed E-state index contributed by atoms with van der Waals surface area (Å²) in [5.41, 5.74) is 0. The third kappa shape index (κ3) is 2.58. The quantitative estimate of drug-likeness (QED) is 0.608. The van der Waals surface area contributed by atoms with Crippen LogP contribution < -0.4 is 0 Å². The van der Waals surface area contributed by atoms with E-state index in [-0.39, 0.29) is 5.25 Å². The van der Waals surface area contributed by atoms with Crippen molar-refractivity contribution in [3.63, 3.8) is 0 Å². The number of carbonyl (C=O) groups is 1. The van der Waals surface area contributed by atoms with Crippen molar-refractivity contribution in [2.45, 2.75) is 18.3 Å². The maximum Gasteiger partial charge on any atom is 0.335 e. The van der Waals surface area contributed by atoms with Gasteiger partial charge in [0.15, 0.2) is 6.10 Å². The molecule has 0 heterocycles. The van der Waals surface area contributed by atoms with E-state index in [9.17, 15) is 4.79 Å². The van der Waals surface area contributed by atoms with Gasteiger partial charge in [0, 0.05) is 5.25 Å². The summed E-state index contributed by atoms with van der Waals surface area (Å²) in [7, 11) is 1.26. The summed E-state index contributed by atoms with van der Waals surface area (Å²) in [6.07, 6.45) is 0.830. The van der Waals surface area contributed by atoms with Crippen molar-refractivity contribution >= 4 is 17.7 Å². The number of rotatable bonds is 3. The fraction of sp³-hybridized carbons (Fsp3) is 0.833. The van der Waals surface area contributed by atoms with E-state index in [4.69, 9.17) is 5.11 Å². The van der Waals surface area contributed by atoms with Gasteiger partial charge in [-0.25, -0.2) is 4.79 Å². The number of aliphatic hydroxyl groups is 1. The number of carbonyl (C=O) groups excluding carboxylic acids is 1. The molecular formula is C6H12O3S. The highest BCUT2D eigenvalue weighted by Crippen LogP contribution is 2.10. The second kappa shape index (κ2) is 4.57. The maximum absolute atomic E-state index is 10.6. The predicted octanol–water partition coefficient (Wildman–Crippen LogP) is 0.272. The molecular weight excluding hydrogens is 152 g/mol. The normalized spacial score (nSPS) is 16.0. The van der Waals surface area contributed by atoms with Crippen LogP contribution in [0.1, 0.15) is 6.92 Å². The van der Waals surface area contributed by atoms with Gasteiger partial charge in [0.2, 0.25) is 0 Å². The Labute approximate surface area is 64.8 Å². The minimum absolute atomic E-state index is 0.104. The van der Waals surface area contributed by atoms with E-state index in [1.807, 2.05) is 6.26 Å². The Hall–Kier alpha value is -0.220. The lowest BCUT2D eigenvalue weighted by Gasteiger charge is -2.13. The molecule has 0 saturated heterocycles. The Morgan fingerprint density at radius 3 is 2.50 bits per heavy atom. The zero-order valence-electron chi connectivity index (χ0n) is 6.33. The van der Waals surface area contributed by atoms with Crippen LogP contribution in [0.2, 0.25) is 0 Å². The molecule has 0 radical (unpaired) electrons. The van der Waals surface area contributed by atoms with Crippen LogP contribution in [0.4, 0.5) is 0 Å². The van der Waals surface area contributed by atoms with Gasteiger partial charge < -0.3 is 9.84 Å². The Kier molecular flexibility index (Phi) is 4.47. The maximum atomic E-state index is 10.6. The molecule has 0 rings (SSSR count). The van der Waals surface area contributed by atoms with Crippen molar-refractivity contribution in [1.29, 1.82) is 0 Å². The minimum Gasteiger partial charge on any atom is -0.467 e. The highest BCUT2D eigenvalue weighted by atomic mass is 32.2. The molecule has 0 spiro atoms. The van der Waals surface area contributed by atoms with Crippen molar-refractivity contribution in [2.75, 3.05) is 13.4 Å². The van der Waals surface area contributed by atoms with Crippen molar-refractivity contribution in [1.82, 2.24) is 0 Å². The van der Waals surface area contributed by atoms with E-state index in [2.05, 4.69) is 4.74 Å². The molecule has 0 aromatic carbocycles. The fourth-order valence-electron chi connectivity index (χ4n) is 0.441. The summed E-state index contributed by atoms with van der Waals surface area (Å²) in [6.45, 7) is 1.77. The first-order chi connectivity index (χ1) is 4.63. The number of thioether (sulfide) groups is 1. The Morgan fingerprint density at radius 1 is 1.70 bits per heavy atom. The smallest absolute Gasteiger partial charge is 0.335 e. The second-order valence-corrected chi connectivity index (χ2v) is 3.12. The molecule has 10 heavy (non-hydrogen) atoms. The highest BCUT2D eigenvalue weighted by molar-refractivity contribution is 7.99. The van der Waals surface area contributed by atoms with Crippen LogP contribution in [0.15, 0.2) is 0 Å². The summed E-state index contributed by atoms with van der Waals surface area (Å²) in [5.74, 6) is -0.568. The van der Waals surface area contributed by atoms with E-state index < -0.39 is 12.1 Å². The summed E-state index contributed by atoms with van der Waals surface area (Å²) in [5, 5.41) is 8.99. The summed E-state index contributed by atoms with van der Waals surface area (Å²) in [6, 6.07) is 0. The van der Waals surface area contributed by atoms with Gasteiger partial charge >= 0.3 is 5.97 Å². The molecule has 4 heteroatoms. The van der Waals surface area contributed by atoms with Crippen LogP contribution in [0.25, 0.3) is 0 Å². The molecule has 2 unspecified atom stereocenters. The lowest BCUT2D eigenvalue weighted by molar-refractivity contribution is -0.150. The fourth-order valence-corrected chi connectivity index (χ4v) is 0.810. The van der Waals surface area contributed by atoms with Crippen molar-refractivity contribution in [3.8, 4) is 0 Å². The van der Waals surface area contributed by atoms with Gasteiger partial charge in [-0.15, -0.1) is 0 Å². The average molecular weight is 164 g/mol. The largest absolute Gasteiger partial charge is 0.467 e. The highest BCUT2D eigenvalue weighted by Gasteiger charge is 2.21. The number of esters is 1. The number of methoxy groups -OCH3 is 1. The molecule has 0 aromatic heterocycles. The van der Waals surface area contributed by atoms with Gasteiger partial charge in [-0.3, -0.25) is 0 Å². The molecule has 0 bridgehead atoms. The molecule has 0 aliphatic rings. The van der Waals surface area contributed by atoms with Crippen molar-refractivity contribution in [3.05, 3.63) is 0 Å².